The Morgan fingerprint density at radius 2 is 2.31 bits per heavy atom. The van der Waals surface area contributed by atoms with E-state index in [1.54, 1.807) is 25.3 Å². The molecule has 0 aromatic carbocycles. The van der Waals surface area contributed by atoms with Gasteiger partial charge in [0.1, 0.15) is 5.82 Å². The highest BCUT2D eigenvalue weighted by Gasteiger charge is 2.06. The van der Waals surface area contributed by atoms with Gasteiger partial charge in [0.15, 0.2) is 5.78 Å². The summed E-state index contributed by atoms with van der Waals surface area (Å²) in [5.41, 5.74) is 0.661. The van der Waals surface area contributed by atoms with Gasteiger partial charge in [0.2, 0.25) is 0 Å². The summed E-state index contributed by atoms with van der Waals surface area (Å²) >= 11 is 0. The standard InChI is InChI=1S/C12H18N2O2/c1-9(15)5-7-14(3)12-8-11(10(2)16)4-6-13-12/h4,6,8-9,15H,5,7H2,1-3H3. The minimum absolute atomic E-state index is 0.0348. The van der Waals surface area contributed by atoms with E-state index >= 15 is 0 Å². The number of pyridine rings is 1. The fraction of sp³-hybridized carbons (Fsp3) is 0.500. The van der Waals surface area contributed by atoms with Crippen molar-refractivity contribution in [1.82, 2.24) is 4.98 Å². The summed E-state index contributed by atoms with van der Waals surface area (Å²) in [6.45, 7) is 4.01. The summed E-state index contributed by atoms with van der Waals surface area (Å²) in [6.07, 6.45) is 1.99. The fourth-order valence-corrected chi connectivity index (χ4v) is 1.34. The number of rotatable bonds is 5. The molecule has 4 nitrogen and oxygen atoms in total. The molecule has 0 saturated heterocycles. The highest BCUT2D eigenvalue weighted by molar-refractivity contribution is 5.94. The molecular weight excluding hydrogens is 204 g/mol. The smallest absolute Gasteiger partial charge is 0.159 e. The van der Waals surface area contributed by atoms with Crippen molar-refractivity contribution in [3.63, 3.8) is 0 Å². The number of carbonyl (C=O) groups excluding carboxylic acids is 1. The highest BCUT2D eigenvalue weighted by Crippen LogP contribution is 2.12. The van der Waals surface area contributed by atoms with Crippen molar-refractivity contribution < 1.29 is 9.90 Å². The Bertz CT molecular complexity index is 364. The van der Waals surface area contributed by atoms with Gasteiger partial charge < -0.3 is 10.0 Å². The third-order valence-electron chi connectivity index (χ3n) is 2.43. The average molecular weight is 222 g/mol. The lowest BCUT2D eigenvalue weighted by Gasteiger charge is -2.19. The molecular formula is C12H18N2O2. The number of aliphatic hydroxyl groups excluding tert-OH is 1. The zero-order valence-electron chi connectivity index (χ0n) is 9.97. The van der Waals surface area contributed by atoms with E-state index < -0.39 is 0 Å². The van der Waals surface area contributed by atoms with Crippen LogP contribution in [0.15, 0.2) is 18.3 Å². The molecule has 1 aromatic heterocycles. The molecule has 1 unspecified atom stereocenters. The van der Waals surface area contributed by atoms with Crippen molar-refractivity contribution in [2.24, 2.45) is 0 Å². The summed E-state index contributed by atoms with van der Waals surface area (Å²) in [5.74, 6) is 0.793. The van der Waals surface area contributed by atoms with Crippen LogP contribution >= 0.6 is 0 Å². The van der Waals surface area contributed by atoms with Gasteiger partial charge in [-0.1, -0.05) is 0 Å². The second kappa shape index (κ2) is 5.61. The molecule has 0 fully saturated rings. The fourth-order valence-electron chi connectivity index (χ4n) is 1.34. The first-order valence-electron chi connectivity index (χ1n) is 5.37. The second-order valence-corrected chi connectivity index (χ2v) is 4.02. The molecule has 16 heavy (non-hydrogen) atoms. The minimum atomic E-state index is -0.321. The van der Waals surface area contributed by atoms with Crippen LogP contribution in [0.25, 0.3) is 0 Å². The van der Waals surface area contributed by atoms with Crippen molar-refractivity contribution in [1.29, 1.82) is 0 Å². The number of hydrogen-bond acceptors (Lipinski definition) is 4. The number of Topliss-reactive ketones (excluding diaryl/α,β-unsaturated/α-hetero) is 1. The van der Waals surface area contributed by atoms with Gasteiger partial charge >= 0.3 is 0 Å². The van der Waals surface area contributed by atoms with Crippen LogP contribution in [0.2, 0.25) is 0 Å². The van der Waals surface area contributed by atoms with E-state index in [4.69, 9.17) is 0 Å². The molecule has 88 valence electrons. The number of hydrogen-bond donors (Lipinski definition) is 1. The van der Waals surface area contributed by atoms with Crippen molar-refractivity contribution in [3.05, 3.63) is 23.9 Å². The number of ketones is 1. The predicted octanol–water partition coefficient (Wildman–Crippen LogP) is 1.49. The summed E-state index contributed by atoms with van der Waals surface area (Å²) in [6, 6.07) is 3.47. The minimum Gasteiger partial charge on any atom is -0.393 e. The van der Waals surface area contributed by atoms with Gasteiger partial charge in [-0.2, -0.15) is 0 Å². The quantitative estimate of drug-likeness (QED) is 0.767. The normalized spacial score (nSPS) is 12.2. The lowest BCUT2D eigenvalue weighted by molar-refractivity contribution is 0.101. The first-order valence-corrected chi connectivity index (χ1v) is 5.37. The maximum absolute atomic E-state index is 11.2. The van der Waals surface area contributed by atoms with Crippen molar-refractivity contribution >= 4 is 11.6 Å². The van der Waals surface area contributed by atoms with Crippen molar-refractivity contribution in [2.75, 3.05) is 18.5 Å². The summed E-state index contributed by atoms with van der Waals surface area (Å²) in [5, 5.41) is 9.19. The monoisotopic (exact) mass is 222 g/mol. The van der Waals surface area contributed by atoms with Gasteiger partial charge in [0, 0.05) is 25.4 Å². The third-order valence-corrected chi connectivity index (χ3v) is 2.43. The second-order valence-electron chi connectivity index (χ2n) is 4.02. The molecule has 1 N–H and O–H groups in total. The first-order chi connectivity index (χ1) is 7.50. The zero-order valence-corrected chi connectivity index (χ0v) is 9.97. The average Bonchev–Trinajstić information content (AvgIpc) is 2.26. The Morgan fingerprint density at radius 1 is 1.62 bits per heavy atom. The van der Waals surface area contributed by atoms with E-state index in [1.807, 2.05) is 11.9 Å². The highest BCUT2D eigenvalue weighted by atomic mass is 16.3. The Hall–Kier alpha value is -1.42. The molecule has 0 aliphatic rings. The molecule has 0 spiro atoms. The van der Waals surface area contributed by atoms with E-state index in [0.717, 1.165) is 5.82 Å². The van der Waals surface area contributed by atoms with Gasteiger partial charge in [-0.05, 0) is 32.4 Å². The maximum atomic E-state index is 11.2. The van der Waals surface area contributed by atoms with Crippen molar-refractivity contribution in [3.8, 4) is 0 Å². The SMILES string of the molecule is CC(=O)c1ccnc(N(C)CCC(C)O)c1. The molecule has 0 amide bonds. The lowest BCUT2D eigenvalue weighted by Crippen LogP contribution is -2.22. The zero-order chi connectivity index (χ0) is 12.1. The lowest BCUT2D eigenvalue weighted by atomic mass is 10.2. The number of aliphatic hydroxyl groups is 1. The molecule has 0 saturated carbocycles. The Morgan fingerprint density at radius 3 is 2.88 bits per heavy atom. The van der Waals surface area contributed by atoms with Crippen LogP contribution in [-0.2, 0) is 0 Å². The van der Waals surface area contributed by atoms with E-state index in [-0.39, 0.29) is 11.9 Å². The molecule has 0 bridgehead atoms. The number of carbonyl (C=O) groups is 1. The van der Waals surface area contributed by atoms with Crippen LogP contribution in [-0.4, -0.2) is 35.6 Å². The van der Waals surface area contributed by atoms with Gasteiger partial charge in [-0.3, -0.25) is 4.79 Å². The summed E-state index contributed by atoms with van der Waals surface area (Å²) in [7, 11) is 1.90. The first kappa shape index (κ1) is 12.6. The largest absolute Gasteiger partial charge is 0.393 e. The topological polar surface area (TPSA) is 53.4 Å². The molecule has 0 aliphatic heterocycles. The van der Waals surface area contributed by atoms with E-state index in [1.165, 1.54) is 6.92 Å². The number of nitrogens with zero attached hydrogens (tertiary/aromatic N) is 2. The molecule has 4 heteroatoms. The molecule has 1 rings (SSSR count). The van der Waals surface area contributed by atoms with E-state index in [9.17, 15) is 9.90 Å². The third kappa shape index (κ3) is 3.62. The van der Waals surface area contributed by atoms with Crippen LogP contribution in [0.3, 0.4) is 0 Å². The Labute approximate surface area is 95.9 Å². The number of aromatic nitrogens is 1. The maximum Gasteiger partial charge on any atom is 0.159 e. The molecule has 0 radical (unpaired) electrons. The Kier molecular flexibility index (Phi) is 4.43. The van der Waals surface area contributed by atoms with Gasteiger partial charge in [-0.15, -0.1) is 0 Å². The Balaban J connectivity index is 2.71. The van der Waals surface area contributed by atoms with Gasteiger partial charge in [0.25, 0.3) is 0 Å². The van der Waals surface area contributed by atoms with Crippen LogP contribution < -0.4 is 4.90 Å². The molecule has 1 aromatic rings. The number of anilines is 1. The van der Waals surface area contributed by atoms with Crippen LogP contribution in [0.1, 0.15) is 30.6 Å². The molecule has 0 aliphatic carbocycles. The van der Waals surface area contributed by atoms with Gasteiger partial charge in [-0.25, -0.2) is 4.98 Å². The van der Waals surface area contributed by atoms with E-state index in [0.29, 0.717) is 18.5 Å². The van der Waals surface area contributed by atoms with Gasteiger partial charge in [0.05, 0.1) is 6.10 Å². The van der Waals surface area contributed by atoms with E-state index in [2.05, 4.69) is 4.98 Å². The summed E-state index contributed by atoms with van der Waals surface area (Å²) in [4.78, 5) is 17.3. The molecule has 1 heterocycles. The van der Waals surface area contributed by atoms with Crippen LogP contribution in [0.4, 0.5) is 5.82 Å². The van der Waals surface area contributed by atoms with Crippen LogP contribution in [0.5, 0.6) is 0 Å². The van der Waals surface area contributed by atoms with Crippen LogP contribution in [0, 0.1) is 0 Å². The summed E-state index contributed by atoms with van der Waals surface area (Å²) < 4.78 is 0. The molecule has 1 atom stereocenters. The predicted molar refractivity (Wildman–Crippen MR) is 63.8 cm³/mol. The van der Waals surface area contributed by atoms with Crippen molar-refractivity contribution in [2.45, 2.75) is 26.4 Å².